The van der Waals surface area contributed by atoms with Crippen molar-refractivity contribution < 1.29 is 9.50 Å². The van der Waals surface area contributed by atoms with Crippen molar-refractivity contribution in [2.75, 3.05) is 27.2 Å². The zero-order valence-electron chi connectivity index (χ0n) is 12.1. The highest BCUT2D eigenvalue weighted by molar-refractivity contribution is 5.29. The normalized spacial score (nSPS) is 26.0. The third kappa shape index (κ3) is 2.90. The number of benzene rings is 1. The number of aromatic hydroxyl groups is 1. The molecule has 3 atom stereocenters. The first-order valence-electron chi connectivity index (χ1n) is 6.79. The highest BCUT2D eigenvalue weighted by atomic mass is 19.1. The molecule has 0 amide bonds. The Labute approximate surface area is 114 Å². The van der Waals surface area contributed by atoms with E-state index in [4.69, 9.17) is 0 Å². The third-order valence-electron chi connectivity index (χ3n) is 4.25. The molecule has 1 aromatic carbocycles. The number of rotatable bonds is 3. The fraction of sp³-hybridized carbons (Fsp3) is 0.600. The van der Waals surface area contributed by atoms with Crippen LogP contribution in [0, 0.1) is 11.7 Å². The van der Waals surface area contributed by atoms with E-state index in [1.165, 1.54) is 6.07 Å². The van der Waals surface area contributed by atoms with Gasteiger partial charge in [-0.1, -0.05) is 13.0 Å². The lowest BCUT2D eigenvalue weighted by atomic mass is 10.1. The highest BCUT2D eigenvalue weighted by Gasteiger charge is 2.34. The van der Waals surface area contributed by atoms with E-state index in [9.17, 15) is 9.50 Å². The Morgan fingerprint density at radius 3 is 2.58 bits per heavy atom. The molecule has 2 rings (SSSR count). The van der Waals surface area contributed by atoms with Gasteiger partial charge in [-0.15, -0.1) is 0 Å². The van der Waals surface area contributed by atoms with Crippen molar-refractivity contribution in [1.29, 1.82) is 0 Å². The summed E-state index contributed by atoms with van der Waals surface area (Å²) in [5.74, 6) is 0.237. The molecule has 1 N–H and O–H groups in total. The van der Waals surface area contributed by atoms with Crippen LogP contribution in [0.15, 0.2) is 18.2 Å². The summed E-state index contributed by atoms with van der Waals surface area (Å²) < 4.78 is 13.9. The molecule has 0 aromatic heterocycles. The van der Waals surface area contributed by atoms with Gasteiger partial charge in [-0.05, 0) is 33.0 Å². The smallest absolute Gasteiger partial charge is 0.131 e. The van der Waals surface area contributed by atoms with Crippen molar-refractivity contribution >= 4 is 0 Å². The SMILES string of the molecule is CC1CN(C(C)c2ccc(O)cc2F)CC1N(C)C. The molecule has 0 bridgehead atoms. The topological polar surface area (TPSA) is 26.7 Å². The van der Waals surface area contributed by atoms with Gasteiger partial charge in [0.15, 0.2) is 0 Å². The van der Waals surface area contributed by atoms with Crippen LogP contribution in [0.3, 0.4) is 0 Å². The minimum Gasteiger partial charge on any atom is -0.508 e. The van der Waals surface area contributed by atoms with E-state index >= 15 is 0 Å². The molecular weight excluding hydrogens is 243 g/mol. The molecule has 1 aliphatic heterocycles. The lowest BCUT2D eigenvalue weighted by Crippen LogP contribution is -2.34. The maximum atomic E-state index is 13.9. The van der Waals surface area contributed by atoms with Gasteiger partial charge in [0.2, 0.25) is 0 Å². The second-order valence-corrected chi connectivity index (χ2v) is 5.84. The van der Waals surface area contributed by atoms with Gasteiger partial charge in [-0.3, -0.25) is 4.90 Å². The van der Waals surface area contributed by atoms with Crippen molar-refractivity contribution in [2.24, 2.45) is 5.92 Å². The van der Waals surface area contributed by atoms with Crippen LogP contribution in [-0.4, -0.2) is 48.1 Å². The van der Waals surface area contributed by atoms with Crippen molar-refractivity contribution in [3.8, 4) is 5.75 Å². The van der Waals surface area contributed by atoms with Crippen LogP contribution in [0.25, 0.3) is 0 Å². The van der Waals surface area contributed by atoms with Gasteiger partial charge >= 0.3 is 0 Å². The zero-order valence-corrected chi connectivity index (χ0v) is 12.1. The van der Waals surface area contributed by atoms with Crippen LogP contribution in [0.2, 0.25) is 0 Å². The summed E-state index contributed by atoms with van der Waals surface area (Å²) in [4.78, 5) is 4.55. The molecule has 0 saturated carbocycles. The minimum atomic E-state index is -0.326. The summed E-state index contributed by atoms with van der Waals surface area (Å²) in [7, 11) is 4.19. The minimum absolute atomic E-state index is 0.0191. The van der Waals surface area contributed by atoms with Crippen LogP contribution in [0.4, 0.5) is 4.39 Å². The quantitative estimate of drug-likeness (QED) is 0.910. The Morgan fingerprint density at radius 2 is 2.05 bits per heavy atom. The maximum absolute atomic E-state index is 13.9. The van der Waals surface area contributed by atoms with E-state index in [1.807, 2.05) is 6.92 Å². The molecule has 106 valence electrons. The Balaban J connectivity index is 2.14. The van der Waals surface area contributed by atoms with Crippen LogP contribution < -0.4 is 0 Å². The summed E-state index contributed by atoms with van der Waals surface area (Å²) >= 11 is 0. The van der Waals surface area contributed by atoms with Crippen LogP contribution in [0.1, 0.15) is 25.5 Å². The van der Waals surface area contributed by atoms with Gasteiger partial charge in [-0.2, -0.15) is 0 Å². The Hall–Kier alpha value is -1.13. The molecule has 3 unspecified atom stereocenters. The Bertz CT molecular complexity index is 450. The summed E-state index contributed by atoms with van der Waals surface area (Å²) in [6.45, 7) is 6.20. The second-order valence-electron chi connectivity index (χ2n) is 5.84. The summed E-state index contributed by atoms with van der Waals surface area (Å²) in [6, 6.07) is 4.98. The summed E-state index contributed by atoms with van der Waals surface area (Å²) in [5.41, 5.74) is 0.657. The van der Waals surface area contributed by atoms with Gasteiger partial charge in [0.25, 0.3) is 0 Å². The number of hydrogen-bond acceptors (Lipinski definition) is 3. The molecule has 19 heavy (non-hydrogen) atoms. The summed E-state index contributed by atoms with van der Waals surface area (Å²) in [6.07, 6.45) is 0. The second kappa shape index (κ2) is 5.47. The highest BCUT2D eigenvalue weighted by Crippen LogP contribution is 2.31. The number of phenols is 1. The number of nitrogens with zero attached hydrogens (tertiary/aromatic N) is 2. The maximum Gasteiger partial charge on any atom is 0.131 e. The predicted octanol–water partition coefficient (Wildman–Crippen LogP) is 2.47. The molecule has 0 radical (unpaired) electrons. The molecule has 0 aliphatic carbocycles. The van der Waals surface area contributed by atoms with E-state index in [0.717, 1.165) is 13.1 Å². The molecule has 1 fully saturated rings. The van der Waals surface area contributed by atoms with Crippen molar-refractivity contribution in [3.63, 3.8) is 0 Å². The van der Waals surface area contributed by atoms with Crippen LogP contribution >= 0.6 is 0 Å². The first-order valence-corrected chi connectivity index (χ1v) is 6.79. The molecule has 1 saturated heterocycles. The van der Waals surface area contributed by atoms with Gasteiger partial charge in [0.1, 0.15) is 11.6 Å². The van der Waals surface area contributed by atoms with E-state index in [1.54, 1.807) is 12.1 Å². The lowest BCUT2D eigenvalue weighted by molar-refractivity contribution is 0.223. The van der Waals surface area contributed by atoms with Crippen molar-refractivity contribution in [2.45, 2.75) is 25.9 Å². The fourth-order valence-electron chi connectivity index (χ4n) is 3.03. The molecule has 4 heteroatoms. The number of halogens is 1. The van der Waals surface area contributed by atoms with Crippen molar-refractivity contribution in [1.82, 2.24) is 9.80 Å². The molecule has 1 aliphatic rings. The van der Waals surface area contributed by atoms with E-state index in [-0.39, 0.29) is 17.6 Å². The number of hydrogen-bond donors (Lipinski definition) is 1. The monoisotopic (exact) mass is 266 g/mol. The third-order valence-corrected chi connectivity index (χ3v) is 4.25. The zero-order chi connectivity index (χ0) is 14.2. The fourth-order valence-corrected chi connectivity index (χ4v) is 3.03. The van der Waals surface area contributed by atoms with Crippen LogP contribution in [0.5, 0.6) is 5.75 Å². The number of phenolic OH excluding ortho intramolecular Hbond substituents is 1. The van der Waals surface area contributed by atoms with E-state index < -0.39 is 0 Å². The lowest BCUT2D eigenvalue weighted by Gasteiger charge is -2.26. The van der Waals surface area contributed by atoms with Gasteiger partial charge in [0.05, 0.1) is 0 Å². The van der Waals surface area contributed by atoms with E-state index in [0.29, 0.717) is 17.5 Å². The Kier molecular flexibility index (Phi) is 4.11. The first-order chi connectivity index (χ1) is 8.90. The van der Waals surface area contributed by atoms with E-state index in [2.05, 4.69) is 30.8 Å². The van der Waals surface area contributed by atoms with Gasteiger partial charge in [0, 0.05) is 36.8 Å². The average Bonchev–Trinajstić information content (AvgIpc) is 2.70. The van der Waals surface area contributed by atoms with Crippen LogP contribution in [-0.2, 0) is 0 Å². The largest absolute Gasteiger partial charge is 0.508 e. The standard InChI is InChI=1S/C15H23FN2O/c1-10-8-18(9-15(10)17(3)4)11(2)13-6-5-12(19)7-14(13)16/h5-7,10-11,15,19H,8-9H2,1-4H3. The first kappa shape index (κ1) is 14.3. The number of likely N-dealkylation sites (tertiary alicyclic amines) is 1. The summed E-state index contributed by atoms with van der Waals surface area (Å²) in [5, 5.41) is 9.28. The molecule has 1 aromatic rings. The Morgan fingerprint density at radius 1 is 1.37 bits per heavy atom. The number of likely N-dealkylation sites (N-methyl/N-ethyl adjacent to an activating group) is 1. The predicted molar refractivity (Wildman–Crippen MR) is 74.7 cm³/mol. The molecule has 1 heterocycles. The molecule has 0 spiro atoms. The average molecular weight is 266 g/mol. The molecule has 3 nitrogen and oxygen atoms in total. The van der Waals surface area contributed by atoms with Gasteiger partial charge < -0.3 is 10.0 Å². The van der Waals surface area contributed by atoms with Crippen molar-refractivity contribution in [3.05, 3.63) is 29.6 Å². The van der Waals surface area contributed by atoms with Gasteiger partial charge in [-0.25, -0.2) is 4.39 Å². The molecular formula is C15H23FN2O.